The van der Waals surface area contributed by atoms with Gasteiger partial charge in [-0.1, -0.05) is 36.7 Å². The molecule has 1 aliphatic heterocycles. The van der Waals surface area contributed by atoms with Gasteiger partial charge in [0.2, 0.25) is 5.91 Å². The Kier molecular flexibility index (Phi) is 5.38. The highest BCUT2D eigenvalue weighted by molar-refractivity contribution is 7.22. The molecule has 1 aromatic carbocycles. The van der Waals surface area contributed by atoms with E-state index in [0.29, 0.717) is 18.0 Å². The molecule has 2 heterocycles. The number of nitrogens with zero attached hydrogens (tertiary/aromatic N) is 2. The van der Waals surface area contributed by atoms with Gasteiger partial charge < -0.3 is 10.2 Å². The highest BCUT2D eigenvalue weighted by atomic mass is 32.1. The molecule has 2 aliphatic rings. The first kappa shape index (κ1) is 17.7. The van der Waals surface area contributed by atoms with Gasteiger partial charge in [-0.05, 0) is 43.7 Å². The molecule has 1 aliphatic carbocycles. The summed E-state index contributed by atoms with van der Waals surface area (Å²) in [7, 11) is 0. The number of para-hydroxylation sites is 1. The van der Waals surface area contributed by atoms with Crippen LogP contribution in [0.1, 0.15) is 44.9 Å². The van der Waals surface area contributed by atoms with Crippen LogP contribution in [0.3, 0.4) is 0 Å². The van der Waals surface area contributed by atoms with E-state index in [1.165, 1.54) is 49.5 Å². The number of thiazole rings is 1. The van der Waals surface area contributed by atoms with Gasteiger partial charge in [0.1, 0.15) is 11.3 Å². The monoisotopic (exact) mass is 375 g/mol. The van der Waals surface area contributed by atoms with E-state index < -0.39 is 0 Å². The van der Waals surface area contributed by atoms with E-state index in [1.54, 1.807) is 6.07 Å². The average molecular weight is 376 g/mol. The zero-order valence-electron chi connectivity index (χ0n) is 15.0. The van der Waals surface area contributed by atoms with Crippen LogP contribution >= 0.6 is 11.3 Å². The summed E-state index contributed by atoms with van der Waals surface area (Å²) in [5.74, 6) is 0.556. The third kappa shape index (κ3) is 3.85. The minimum Gasteiger partial charge on any atom is -0.356 e. The fourth-order valence-corrected chi connectivity index (χ4v) is 5.20. The van der Waals surface area contributed by atoms with E-state index in [1.807, 2.05) is 6.07 Å². The van der Waals surface area contributed by atoms with Crippen molar-refractivity contribution in [3.05, 3.63) is 24.0 Å². The van der Waals surface area contributed by atoms with Crippen LogP contribution in [-0.2, 0) is 4.79 Å². The van der Waals surface area contributed by atoms with E-state index >= 15 is 0 Å². The number of benzene rings is 1. The van der Waals surface area contributed by atoms with Gasteiger partial charge in [0, 0.05) is 19.6 Å². The highest BCUT2D eigenvalue weighted by Crippen LogP contribution is 2.32. The Morgan fingerprint density at radius 2 is 2.08 bits per heavy atom. The third-order valence-corrected chi connectivity index (χ3v) is 6.79. The van der Waals surface area contributed by atoms with E-state index in [0.717, 1.165) is 35.8 Å². The third-order valence-electron chi connectivity index (χ3n) is 5.71. The topological polar surface area (TPSA) is 45.2 Å². The predicted molar refractivity (Wildman–Crippen MR) is 104 cm³/mol. The predicted octanol–water partition coefficient (Wildman–Crippen LogP) is 4.35. The Morgan fingerprint density at radius 3 is 2.88 bits per heavy atom. The van der Waals surface area contributed by atoms with Crippen molar-refractivity contribution in [2.75, 3.05) is 24.5 Å². The first-order valence-corrected chi connectivity index (χ1v) is 10.6. The number of rotatable bonds is 4. The molecule has 140 valence electrons. The van der Waals surface area contributed by atoms with E-state index in [4.69, 9.17) is 0 Å². The molecule has 1 saturated heterocycles. The zero-order chi connectivity index (χ0) is 17.9. The maximum absolute atomic E-state index is 13.9. The Hall–Kier alpha value is -1.69. The molecule has 1 saturated carbocycles. The molecule has 1 unspecified atom stereocenters. The number of halogens is 1. The Bertz CT molecular complexity index is 772. The number of carbonyl (C=O) groups is 1. The number of carbonyl (C=O) groups excluding carboxylic acids is 1. The highest BCUT2D eigenvalue weighted by Gasteiger charge is 2.28. The molecule has 1 atom stereocenters. The van der Waals surface area contributed by atoms with Gasteiger partial charge in [0.15, 0.2) is 5.13 Å². The van der Waals surface area contributed by atoms with Gasteiger partial charge in [-0.15, -0.1) is 0 Å². The Balaban J connectivity index is 1.38. The van der Waals surface area contributed by atoms with Gasteiger partial charge >= 0.3 is 0 Å². The summed E-state index contributed by atoms with van der Waals surface area (Å²) in [6.07, 6.45) is 8.32. The number of piperidine rings is 1. The zero-order valence-corrected chi connectivity index (χ0v) is 15.9. The molecule has 6 heteroatoms. The van der Waals surface area contributed by atoms with Gasteiger partial charge in [0.05, 0.1) is 10.6 Å². The molecular formula is C20H26FN3OS. The van der Waals surface area contributed by atoms with Gasteiger partial charge in [0.25, 0.3) is 0 Å². The van der Waals surface area contributed by atoms with Crippen LogP contribution in [0, 0.1) is 17.7 Å². The van der Waals surface area contributed by atoms with E-state index in [9.17, 15) is 9.18 Å². The first-order chi connectivity index (χ1) is 12.7. The van der Waals surface area contributed by atoms with E-state index in [2.05, 4.69) is 15.2 Å². The molecule has 2 aromatic rings. The lowest BCUT2D eigenvalue weighted by Crippen LogP contribution is -2.44. The number of hydrogen-bond acceptors (Lipinski definition) is 4. The van der Waals surface area contributed by atoms with Crippen LogP contribution in [0.5, 0.6) is 0 Å². The summed E-state index contributed by atoms with van der Waals surface area (Å²) in [5, 5.41) is 4.02. The molecule has 26 heavy (non-hydrogen) atoms. The molecule has 0 radical (unpaired) electrons. The summed E-state index contributed by atoms with van der Waals surface area (Å²) in [5.41, 5.74) is 0.441. The largest absolute Gasteiger partial charge is 0.356 e. The second kappa shape index (κ2) is 7.91. The van der Waals surface area contributed by atoms with Crippen molar-refractivity contribution in [1.29, 1.82) is 0 Å². The number of fused-ring (bicyclic) bond motifs is 1. The molecule has 4 nitrogen and oxygen atoms in total. The van der Waals surface area contributed by atoms with Crippen molar-refractivity contribution < 1.29 is 9.18 Å². The van der Waals surface area contributed by atoms with Crippen molar-refractivity contribution in [3.63, 3.8) is 0 Å². The second-order valence-corrected chi connectivity index (χ2v) is 8.63. The minimum absolute atomic E-state index is 0.00389. The number of anilines is 1. The fraction of sp³-hybridized carbons (Fsp3) is 0.600. The molecule has 1 N–H and O–H groups in total. The number of amides is 1. The lowest BCUT2D eigenvalue weighted by molar-refractivity contribution is -0.125. The van der Waals surface area contributed by atoms with Crippen molar-refractivity contribution >= 4 is 32.6 Å². The van der Waals surface area contributed by atoms with Gasteiger partial charge in [-0.25, -0.2) is 9.37 Å². The normalized spacial score (nSPS) is 21.9. The number of hydrogen-bond donors (Lipinski definition) is 1. The standard InChI is InChI=1S/C20H26FN3OS/c21-16-9-4-10-17-18(16)23-20(26-17)24-11-5-8-15(13-24)19(25)22-12-14-6-2-1-3-7-14/h4,9-10,14-15H,1-3,5-8,11-13H2,(H,22,25). The maximum Gasteiger partial charge on any atom is 0.224 e. The molecule has 4 rings (SSSR count). The van der Waals surface area contributed by atoms with Crippen LogP contribution in [-0.4, -0.2) is 30.5 Å². The molecule has 1 aromatic heterocycles. The van der Waals surface area contributed by atoms with Crippen LogP contribution in [0.2, 0.25) is 0 Å². The van der Waals surface area contributed by atoms with Crippen LogP contribution < -0.4 is 10.2 Å². The number of aromatic nitrogens is 1. The van der Waals surface area contributed by atoms with Gasteiger partial charge in [-0.3, -0.25) is 4.79 Å². The van der Waals surface area contributed by atoms with Gasteiger partial charge in [-0.2, -0.15) is 0 Å². The van der Waals surface area contributed by atoms with Crippen molar-refractivity contribution in [1.82, 2.24) is 10.3 Å². The average Bonchev–Trinajstić information content (AvgIpc) is 3.13. The lowest BCUT2D eigenvalue weighted by Gasteiger charge is -2.32. The molecule has 0 bridgehead atoms. The van der Waals surface area contributed by atoms with E-state index in [-0.39, 0.29) is 17.6 Å². The second-order valence-electron chi connectivity index (χ2n) is 7.62. The Morgan fingerprint density at radius 1 is 1.23 bits per heavy atom. The summed E-state index contributed by atoms with van der Waals surface area (Å²) in [4.78, 5) is 19.3. The SMILES string of the molecule is O=C(NCC1CCCCC1)C1CCCN(c2nc3c(F)cccc3s2)C1. The summed E-state index contributed by atoms with van der Waals surface area (Å²) in [6, 6.07) is 5.07. The first-order valence-electron chi connectivity index (χ1n) is 9.78. The smallest absolute Gasteiger partial charge is 0.224 e. The Labute approximate surface area is 157 Å². The molecule has 2 fully saturated rings. The van der Waals surface area contributed by atoms with Crippen molar-refractivity contribution in [2.24, 2.45) is 11.8 Å². The van der Waals surface area contributed by atoms with Crippen molar-refractivity contribution in [2.45, 2.75) is 44.9 Å². The molecule has 1 amide bonds. The maximum atomic E-state index is 13.9. The van der Waals surface area contributed by atoms with Crippen LogP contribution in [0.15, 0.2) is 18.2 Å². The van der Waals surface area contributed by atoms with Crippen LogP contribution in [0.4, 0.5) is 9.52 Å². The summed E-state index contributed by atoms with van der Waals surface area (Å²) >= 11 is 1.51. The molecule has 0 spiro atoms. The van der Waals surface area contributed by atoms with Crippen molar-refractivity contribution in [3.8, 4) is 0 Å². The number of nitrogens with one attached hydrogen (secondary N) is 1. The fourth-order valence-electron chi connectivity index (χ4n) is 4.18. The minimum atomic E-state index is -0.274. The molecular weight excluding hydrogens is 349 g/mol. The summed E-state index contributed by atoms with van der Waals surface area (Å²) in [6.45, 7) is 2.38. The lowest BCUT2D eigenvalue weighted by atomic mass is 9.89. The summed E-state index contributed by atoms with van der Waals surface area (Å²) < 4.78 is 14.8. The van der Waals surface area contributed by atoms with Crippen LogP contribution in [0.25, 0.3) is 10.2 Å². The quantitative estimate of drug-likeness (QED) is 0.864.